The summed E-state index contributed by atoms with van der Waals surface area (Å²) < 4.78 is 16.4. The molecule has 196 valence electrons. The summed E-state index contributed by atoms with van der Waals surface area (Å²) in [5, 5.41) is 17.3. The molecule has 2 aliphatic rings. The van der Waals surface area contributed by atoms with Crippen LogP contribution in [0.5, 0.6) is 5.75 Å². The standard InChI is InChI=1S/C26H30ClN5O5/c27-25-23-3-5-32(12-17(23)1-2-24(25)36-15-22-11-29-16-37-22)13-21(33)10-30-26(34)18-7-20(9-28-8-18)31-19-4-6-35-14-19/h1-2,7-9,11,16,19,21,31,33H,3-6,10,12-15H2,(H,30,34)/t19?,21-/m0/s1. The average molecular weight is 528 g/mol. The number of aromatic nitrogens is 2. The molecule has 1 amide bonds. The Hall–Kier alpha value is -3.18. The fourth-order valence-corrected chi connectivity index (χ4v) is 4.91. The predicted octanol–water partition coefficient (Wildman–Crippen LogP) is 2.65. The summed E-state index contributed by atoms with van der Waals surface area (Å²) in [6.45, 7) is 3.62. The highest BCUT2D eigenvalue weighted by Crippen LogP contribution is 2.34. The summed E-state index contributed by atoms with van der Waals surface area (Å²) in [6.07, 6.45) is 7.13. The topological polar surface area (TPSA) is 122 Å². The molecule has 0 aliphatic carbocycles. The number of hydrogen-bond donors (Lipinski definition) is 3. The molecular formula is C26H30ClN5O5. The maximum Gasteiger partial charge on any atom is 0.253 e. The molecule has 11 heteroatoms. The molecule has 0 bridgehead atoms. The van der Waals surface area contributed by atoms with Crippen molar-refractivity contribution in [3.8, 4) is 5.75 Å². The molecule has 0 radical (unpaired) electrons. The molecule has 0 spiro atoms. The Bertz CT molecular complexity index is 1200. The highest BCUT2D eigenvalue weighted by Gasteiger charge is 2.23. The second kappa shape index (κ2) is 11.9. The summed E-state index contributed by atoms with van der Waals surface area (Å²) in [4.78, 5) is 22.8. The van der Waals surface area contributed by atoms with Crippen LogP contribution in [-0.4, -0.2) is 70.9 Å². The van der Waals surface area contributed by atoms with Gasteiger partial charge in [0.05, 0.1) is 41.2 Å². The number of nitrogens with one attached hydrogen (secondary N) is 2. The number of benzene rings is 1. The van der Waals surface area contributed by atoms with Gasteiger partial charge in [-0.2, -0.15) is 0 Å². The molecule has 2 aromatic heterocycles. The lowest BCUT2D eigenvalue weighted by molar-refractivity contribution is 0.0841. The van der Waals surface area contributed by atoms with E-state index in [4.69, 9.17) is 25.5 Å². The maximum atomic E-state index is 12.6. The van der Waals surface area contributed by atoms with Crippen molar-refractivity contribution in [3.05, 3.63) is 70.7 Å². The lowest BCUT2D eigenvalue weighted by Gasteiger charge is -2.31. The van der Waals surface area contributed by atoms with Gasteiger partial charge in [-0.05, 0) is 36.1 Å². The molecule has 3 aromatic rings. The average Bonchev–Trinajstić information content (AvgIpc) is 3.62. The number of amides is 1. The van der Waals surface area contributed by atoms with Crippen LogP contribution in [0.3, 0.4) is 0 Å². The molecule has 1 unspecified atom stereocenters. The van der Waals surface area contributed by atoms with Crippen molar-refractivity contribution in [1.29, 1.82) is 0 Å². The van der Waals surface area contributed by atoms with E-state index in [0.717, 1.165) is 42.8 Å². The fourth-order valence-electron chi connectivity index (χ4n) is 4.58. The first kappa shape index (κ1) is 25.5. The van der Waals surface area contributed by atoms with Gasteiger partial charge in [-0.25, -0.2) is 4.98 Å². The highest BCUT2D eigenvalue weighted by atomic mass is 35.5. The molecule has 4 heterocycles. The first-order valence-corrected chi connectivity index (χ1v) is 12.7. The molecule has 2 aliphatic heterocycles. The Labute approximate surface area is 219 Å². The van der Waals surface area contributed by atoms with E-state index < -0.39 is 6.10 Å². The van der Waals surface area contributed by atoms with Crippen LogP contribution >= 0.6 is 11.6 Å². The minimum absolute atomic E-state index is 0.144. The zero-order valence-corrected chi connectivity index (χ0v) is 21.1. The number of rotatable bonds is 10. The smallest absolute Gasteiger partial charge is 0.253 e. The molecular weight excluding hydrogens is 498 g/mol. The second-order valence-electron chi connectivity index (χ2n) is 9.29. The third-order valence-electron chi connectivity index (χ3n) is 6.50. The predicted molar refractivity (Wildman–Crippen MR) is 137 cm³/mol. The number of hydrogen-bond acceptors (Lipinski definition) is 9. The minimum Gasteiger partial charge on any atom is -0.484 e. The number of nitrogens with zero attached hydrogens (tertiary/aromatic N) is 3. The van der Waals surface area contributed by atoms with Gasteiger partial charge in [0.1, 0.15) is 12.4 Å². The van der Waals surface area contributed by atoms with E-state index in [9.17, 15) is 9.90 Å². The molecule has 2 atom stereocenters. The molecule has 3 N–H and O–H groups in total. The second-order valence-corrected chi connectivity index (χ2v) is 9.67. The Morgan fingerprint density at radius 1 is 1.30 bits per heavy atom. The Kier molecular flexibility index (Phi) is 8.20. The van der Waals surface area contributed by atoms with Gasteiger partial charge in [0.15, 0.2) is 12.2 Å². The number of fused-ring (bicyclic) bond motifs is 1. The number of aliphatic hydroxyl groups is 1. The van der Waals surface area contributed by atoms with E-state index in [1.807, 2.05) is 12.1 Å². The van der Waals surface area contributed by atoms with Gasteiger partial charge in [0, 0.05) is 45.2 Å². The van der Waals surface area contributed by atoms with E-state index in [2.05, 4.69) is 25.5 Å². The first-order chi connectivity index (χ1) is 18.0. The number of aliphatic hydroxyl groups excluding tert-OH is 1. The van der Waals surface area contributed by atoms with Crippen LogP contribution < -0.4 is 15.4 Å². The summed E-state index contributed by atoms with van der Waals surface area (Å²) in [5.41, 5.74) is 3.38. The fraction of sp³-hybridized carbons (Fsp3) is 0.423. The third kappa shape index (κ3) is 6.58. The van der Waals surface area contributed by atoms with Crippen LogP contribution in [0.15, 0.2) is 47.6 Å². The van der Waals surface area contributed by atoms with Crippen LogP contribution in [0.1, 0.15) is 33.7 Å². The largest absolute Gasteiger partial charge is 0.484 e. The van der Waals surface area contributed by atoms with Crippen molar-refractivity contribution in [1.82, 2.24) is 20.2 Å². The summed E-state index contributed by atoms with van der Waals surface area (Å²) >= 11 is 6.62. The van der Waals surface area contributed by atoms with Crippen LogP contribution in [-0.2, 0) is 24.3 Å². The van der Waals surface area contributed by atoms with Crippen molar-refractivity contribution < 1.29 is 23.8 Å². The summed E-state index contributed by atoms with van der Waals surface area (Å²) in [5.74, 6) is 0.964. The number of oxazole rings is 1. The van der Waals surface area contributed by atoms with Gasteiger partial charge in [-0.15, -0.1) is 0 Å². The van der Waals surface area contributed by atoms with Gasteiger partial charge >= 0.3 is 0 Å². The Morgan fingerprint density at radius 3 is 3.03 bits per heavy atom. The quantitative estimate of drug-likeness (QED) is 0.365. The van der Waals surface area contributed by atoms with E-state index >= 15 is 0 Å². The normalized spacial score (nSPS) is 18.3. The molecule has 1 fully saturated rings. The zero-order valence-electron chi connectivity index (χ0n) is 20.4. The van der Waals surface area contributed by atoms with Gasteiger partial charge in [-0.1, -0.05) is 17.7 Å². The van der Waals surface area contributed by atoms with Crippen LogP contribution in [0.2, 0.25) is 5.02 Å². The maximum absolute atomic E-state index is 12.6. The van der Waals surface area contributed by atoms with Gasteiger partial charge in [0.25, 0.3) is 5.91 Å². The lowest BCUT2D eigenvalue weighted by Crippen LogP contribution is -2.42. The Balaban J connectivity index is 1.10. The molecule has 0 saturated carbocycles. The molecule has 37 heavy (non-hydrogen) atoms. The van der Waals surface area contributed by atoms with E-state index in [0.29, 0.717) is 41.8 Å². The minimum atomic E-state index is -0.713. The van der Waals surface area contributed by atoms with Crippen LogP contribution in [0.4, 0.5) is 5.69 Å². The van der Waals surface area contributed by atoms with Crippen molar-refractivity contribution >= 4 is 23.2 Å². The number of halogens is 1. The SMILES string of the molecule is O=C(NC[C@H](O)CN1CCc2c(ccc(OCc3cnco3)c2Cl)C1)c1cncc(NC2CCOC2)c1. The van der Waals surface area contributed by atoms with Crippen molar-refractivity contribution in [2.75, 3.05) is 38.2 Å². The van der Waals surface area contributed by atoms with E-state index in [-0.39, 0.29) is 25.1 Å². The van der Waals surface area contributed by atoms with Crippen molar-refractivity contribution in [2.45, 2.75) is 38.1 Å². The molecule has 1 aromatic carbocycles. The number of ether oxygens (including phenoxy) is 2. The lowest BCUT2D eigenvalue weighted by atomic mass is 9.99. The zero-order chi connectivity index (χ0) is 25.6. The number of β-amino-alcohol motifs (C(OH)–C–C–N with tert-alkyl or cyclic N) is 1. The van der Waals surface area contributed by atoms with E-state index in [1.165, 1.54) is 12.6 Å². The first-order valence-electron chi connectivity index (χ1n) is 12.3. The monoisotopic (exact) mass is 527 g/mol. The van der Waals surface area contributed by atoms with Gasteiger partial charge in [-0.3, -0.25) is 14.7 Å². The van der Waals surface area contributed by atoms with E-state index in [1.54, 1.807) is 18.5 Å². The molecule has 10 nitrogen and oxygen atoms in total. The van der Waals surface area contributed by atoms with Crippen LogP contribution in [0, 0.1) is 0 Å². The van der Waals surface area contributed by atoms with Crippen molar-refractivity contribution in [2.24, 2.45) is 0 Å². The van der Waals surface area contributed by atoms with Crippen molar-refractivity contribution in [3.63, 3.8) is 0 Å². The molecule has 5 rings (SSSR count). The number of anilines is 1. The number of carbonyl (C=O) groups excluding carboxylic acids is 1. The Morgan fingerprint density at radius 2 is 2.22 bits per heavy atom. The van der Waals surface area contributed by atoms with Crippen LogP contribution in [0.25, 0.3) is 0 Å². The highest BCUT2D eigenvalue weighted by molar-refractivity contribution is 6.33. The summed E-state index contributed by atoms with van der Waals surface area (Å²) in [6, 6.07) is 5.85. The summed E-state index contributed by atoms with van der Waals surface area (Å²) in [7, 11) is 0. The molecule has 1 saturated heterocycles. The third-order valence-corrected chi connectivity index (χ3v) is 6.91. The van der Waals surface area contributed by atoms with Gasteiger partial charge in [0.2, 0.25) is 0 Å². The number of carbonyl (C=O) groups is 1. The van der Waals surface area contributed by atoms with Gasteiger partial charge < -0.3 is 29.6 Å². The number of pyridine rings is 1.